The van der Waals surface area contributed by atoms with E-state index in [4.69, 9.17) is 0 Å². The lowest BCUT2D eigenvalue weighted by Gasteiger charge is -2.29. The van der Waals surface area contributed by atoms with Crippen molar-refractivity contribution in [1.82, 2.24) is 25.4 Å². The molecule has 0 unspecified atom stereocenters. The zero-order valence-corrected chi connectivity index (χ0v) is 19.7. The van der Waals surface area contributed by atoms with Gasteiger partial charge in [-0.15, -0.1) is 10.2 Å². The van der Waals surface area contributed by atoms with Gasteiger partial charge >= 0.3 is 0 Å². The van der Waals surface area contributed by atoms with Gasteiger partial charge in [0, 0.05) is 18.2 Å². The Balaban J connectivity index is 1.59. The van der Waals surface area contributed by atoms with E-state index in [-0.39, 0.29) is 23.9 Å². The number of nitrogens with one attached hydrogen (secondary N) is 2. The van der Waals surface area contributed by atoms with Crippen LogP contribution in [0.4, 0.5) is 0 Å². The summed E-state index contributed by atoms with van der Waals surface area (Å²) >= 11 is 1.39. The summed E-state index contributed by atoms with van der Waals surface area (Å²) in [6, 6.07) is 7.47. The van der Waals surface area contributed by atoms with Crippen molar-refractivity contribution in [2.45, 2.75) is 77.2 Å². The standard InChI is InChI=1S/C23H33N5O2S/c1-5-28-21(17(4)24-22(30)18-11-8-9-15(2)13-18)26-27-23(28)31-14-20(29)25-19-12-7-6-10-16(19)3/h8-9,11,13,16-17,19H,5-7,10,12,14H2,1-4H3,(H,24,30)(H,25,29)/t16-,17-,19+/m0/s1. The van der Waals surface area contributed by atoms with Crippen molar-refractivity contribution >= 4 is 23.6 Å². The highest BCUT2D eigenvalue weighted by atomic mass is 32.2. The lowest BCUT2D eigenvalue weighted by atomic mass is 9.86. The van der Waals surface area contributed by atoms with Crippen molar-refractivity contribution in [2.24, 2.45) is 5.92 Å². The van der Waals surface area contributed by atoms with Crippen molar-refractivity contribution in [1.29, 1.82) is 0 Å². The molecule has 3 rings (SSSR count). The first-order valence-electron chi connectivity index (χ1n) is 11.1. The highest BCUT2D eigenvalue weighted by Crippen LogP contribution is 2.25. The van der Waals surface area contributed by atoms with Crippen LogP contribution in [0.5, 0.6) is 0 Å². The van der Waals surface area contributed by atoms with E-state index in [1.165, 1.54) is 31.0 Å². The van der Waals surface area contributed by atoms with Gasteiger partial charge in [-0.05, 0) is 51.7 Å². The monoisotopic (exact) mass is 443 g/mol. The van der Waals surface area contributed by atoms with E-state index in [9.17, 15) is 9.59 Å². The molecule has 1 saturated carbocycles. The third-order valence-electron chi connectivity index (χ3n) is 5.87. The van der Waals surface area contributed by atoms with E-state index >= 15 is 0 Å². The largest absolute Gasteiger partial charge is 0.352 e. The Hall–Kier alpha value is -2.35. The van der Waals surface area contributed by atoms with Crippen LogP contribution in [0.2, 0.25) is 0 Å². The molecule has 0 radical (unpaired) electrons. The fourth-order valence-corrected chi connectivity index (χ4v) is 4.88. The van der Waals surface area contributed by atoms with Crippen molar-refractivity contribution in [2.75, 3.05) is 5.75 Å². The Labute approximate surface area is 188 Å². The Morgan fingerprint density at radius 1 is 1.26 bits per heavy atom. The van der Waals surface area contributed by atoms with Gasteiger partial charge in [-0.3, -0.25) is 9.59 Å². The van der Waals surface area contributed by atoms with Gasteiger partial charge in [0.2, 0.25) is 5.91 Å². The van der Waals surface area contributed by atoms with Gasteiger partial charge in [0.05, 0.1) is 11.8 Å². The zero-order valence-electron chi connectivity index (χ0n) is 18.9. The maximum atomic E-state index is 12.6. The summed E-state index contributed by atoms with van der Waals surface area (Å²) in [5, 5.41) is 15.5. The number of hydrogen-bond acceptors (Lipinski definition) is 5. The number of aromatic nitrogens is 3. The minimum Gasteiger partial charge on any atom is -0.352 e. The molecule has 2 N–H and O–H groups in total. The second kappa shape index (κ2) is 10.8. The topological polar surface area (TPSA) is 88.9 Å². The number of amides is 2. The number of nitrogens with zero attached hydrogens (tertiary/aromatic N) is 3. The van der Waals surface area contributed by atoms with Crippen LogP contribution >= 0.6 is 11.8 Å². The van der Waals surface area contributed by atoms with Gasteiger partial charge in [-0.25, -0.2) is 0 Å². The second-order valence-electron chi connectivity index (χ2n) is 8.37. The molecular weight excluding hydrogens is 410 g/mol. The van der Waals surface area contributed by atoms with Gasteiger partial charge in [0.1, 0.15) is 0 Å². The highest BCUT2D eigenvalue weighted by Gasteiger charge is 2.24. The van der Waals surface area contributed by atoms with Crippen LogP contribution < -0.4 is 10.6 Å². The van der Waals surface area contributed by atoms with E-state index < -0.39 is 0 Å². The molecule has 168 valence electrons. The lowest BCUT2D eigenvalue weighted by molar-refractivity contribution is -0.119. The van der Waals surface area contributed by atoms with Crippen molar-refractivity contribution < 1.29 is 9.59 Å². The first-order chi connectivity index (χ1) is 14.9. The van der Waals surface area contributed by atoms with Crippen LogP contribution in [0.3, 0.4) is 0 Å². The summed E-state index contributed by atoms with van der Waals surface area (Å²) in [7, 11) is 0. The molecule has 1 aromatic carbocycles. The first kappa shape index (κ1) is 23.3. The minimum absolute atomic E-state index is 0.0387. The number of carbonyl (C=O) groups is 2. The first-order valence-corrected chi connectivity index (χ1v) is 12.1. The number of aryl methyl sites for hydroxylation is 1. The highest BCUT2D eigenvalue weighted by molar-refractivity contribution is 7.99. The minimum atomic E-state index is -0.299. The van der Waals surface area contributed by atoms with Crippen LogP contribution in [-0.2, 0) is 11.3 Å². The summed E-state index contributed by atoms with van der Waals surface area (Å²) in [5.74, 6) is 1.43. The molecule has 2 aromatic rings. The molecule has 7 nitrogen and oxygen atoms in total. The molecule has 1 aliphatic rings. The predicted octanol–water partition coefficient (Wildman–Crippen LogP) is 3.88. The number of rotatable bonds is 8. The van der Waals surface area contributed by atoms with E-state index in [0.29, 0.717) is 34.8 Å². The fraction of sp³-hybridized carbons (Fsp3) is 0.565. The quantitative estimate of drug-likeness (QED) is 0.605. The summed E-state index contributed by atoms with van der Waals surface area (Å²) in [4.78, 5) is 25.0. The molecule has 0 saturated heterocycles. The lowest BCUT2D eigenvalue weighted by Crippen LogP contribution is -2.41. The maximum absolute atomic E-state index is 12.6. The molecule has 0 spiro atoms. The van der Waals surface area contributed by atoms with Gasteiger partial charge in [-0.1, -0.05) is 49.2 Å². The third-order valence-corrected chi connectivity index (χ3v) is 6.83. The smallest absolute Gasteiger partial charge is 0.251 e. The normalized spacial score (nSPS) is 19.6. The number of hydrogen-bond donors (Lipinski definition) is 2. The molecule has 31 heavy (non-hydrogen) atoms. The molecule has 1 heterocycles. The van der Waals surface area contributed by atoms with Crippen molar-refractivity contribution in [3.8, 4) is 0 Å². The maximum Gasteiger partial charge on any atom is 0.251 e. The molecule has 0 aliphatic heterocycles. The van der Waals surface area contributed by atoms with Gasteiger partial charge in [0.25, 0.3) is 5.91 Å². The molecule has 0 bridgehead atoms. The van der Waals surface area contributed by atoms with Crippen LogP contribution in [0.25, 0.3) is 0 Å². The average Bonchev–Trinajstić information content (AvgIpc) is 3.17. The summed E-state index contributed by atoms with van der Waals surface area (Å²) in [6.45, 7) is 8.74. The van der Waals surface area contributed by atoms with Crippen LogP contribution in [0, 0.1) is 12.8 Å². The molecule has 1 aliphatic carbocycles. The van der Waals surface area contributed by atoms with Crippen LogP contribution in [0.1, 0.15) is 74.2 Å². The van der Waals surface area contributed by atoms with Gasteiger partial charge in [-0.2, -0.15) is 0 Å². The average molecular weight is 444 g/mol. The van der Waals surface area contributed by atoms with Crippen molar-refractivity contribution in [3.05, 3.63) is 41.2 Å². The second-order valence-corrected chi connectivity index (χ2v) is 9.32. The van der Waals surface area contributed by atoms with E-state index in [2.05, 4.69) is 27.8 Å². The third kappa shape index (κ3) is 6.09. The molecule has 1 aromatic heterocycles. The molecule has 1 fully saturated rings. The SMILES string of the molecule is CCn1c(SCC(=O)N[C@@H]2CCCC[C@@H]2C)nnc1[C@H](C)NC(=O)c1cccc(C)c1. The summed E-state index contributed by atoms with van der Waals surface area (Å²) in [5.41, 5.74) is 1.66. The Kier molecular flexibility index (Phi) is 8.12. The number of thioether (sulfide) groups is 1. The zero-order chi connectivity index (χ0) is 22.4. The van der Waals surface area contributed by atoms with Crippen molar-refractivity contribution in [3.63, 3.8) is 0 Å². The number of benzene rings is 1. The van der Waals surface area contributed by atoms with E-state index in [1.54, 1.807) is 6.07 Å². The van der Waals surface area contributed by atoms with Crippen LogP contribution in [0.15, 0.2) is 29.4 Å². The van der Waals surface area contributed by atoms with Gasteiger partial charge < -0.3 is 15.2 Å². The molecule has 2 amide bonds. The summed E-state index contributed by atoms with van der Waals surface area (Å²) in [6.07, 6.45) is 4.67. The predicted molar refractivity (Wildman–Crippen MR) is 123 cm³/mol. The Bertz CT molecular complexity index is 913. The number of carbonyl (C=O) groups excluding carboxylic acids is 2. The summed E-state index contributed by atoms with van der Waals surface area (Å²) < 4.78 is 1.96. The van der Waals surface area contributed by atoms with E-state index in [1.807, 2.05) is 43.5 Å². The fourth-order valence-electron chi connectivity index (χ4n) is 4.06. The molecule has 8 heteroatoms. The Morgan fingerprint density at radius 3 is 2.74 bits per heavy atom. The van der Waals surface area contributed by atoms with Gasteiger partial charge in [0.15, 0.2) is 11.0 Å². The molecular formula is C23H33N5O2S. The van der Waals surface area contributed by atoms with E-state index in [0.717, 1.165) is 12.0 Å². The van der Waals surface area contributed by atoms with Crippen LogP contribution in [-0.4, -0.2) is 38.4 Å². The molecule has 3 atom stereocenters. The Morgan fingerprint density at radius 2 is 2.03 bits per heavy atom.